The number of anilines is 1. The molecule has 5 nitrogen and oxygen atoms in total. The third-order valence-electron chi connectivity index (χ3n) is 3.13. The molecule has 3 aromatic rings. The van der Waals surface area contributed by atoms with Gasteiger partial charge in [-0.2, -0.15) is 14.6 Å². The Labute approximate surface area is 117 Å². The van der Waals surface area contributed by atoms with Gasteiger partial charge in [-0.25, -0.2) is 4.98 Å². The SMILES string of the molecule is CCCc1cc(NCc2ccccc2)n2ncnc2n1. The molecule has 0 spiro atoms. The molecule has 0 bridgehead atoms. The van der Waals surface area contributed by atoms with E-state index >= 15 is 0 Å². The van der Waals surface area contributed by atoms with E-state index in [9.17, 15) is 0 Å². The molecule has 1 N–H and O–H groups in total. The van der Waals surface area contributed by atoms with Crippen molar-refractivity contribution in [1.29, 1.82) is 0 Å². The Bertz CT molecular complexity index is 690. The van der Waals surface area contributed by atoms with Crippen LogP contribution in [-0.2, 0) is 13.0 Å². The second-order valence-corrected chi connectivity index (χ2v) is 4.69. The second-order valence-electron chi connectivity index (χ2n) is 4.69. The summed E-state index contributed by atoms with van der Waals surface area (Å²) in [6.45, 7) is 2.90. The van der Waals surface area contributed by atoms with Crippen molar-refractivity contribution in [2.45, 2.75) is 26.3 Å². The number of hydrogen-bond donors (Lipinski definition) is 1. The van der Waals surface area contributed by atoms with E-state index in [1.807, 2.05) is 24.3 Å². The normalized spacial score (nSPS) is 10.8. The van der Waals surface area contributed by atoms with E-state index in [4.69, 9.17) is 0 Å². The smallest absolute Gasteiger partial charge is 0.254 e. The maximum absolute atomic E-state index is 4.49. The van der Waals surface area contributed by atoms with Gasteiger partial charge in [0.25, 0.3) is 5.78 Å². The van der Waals surface area contributed by atoms with Crippen molar-refractivity contribution in [3.8, 4) is 0 Å². The fourth-order valence-electron chi connectivity index (χ4n) is 2.16. The lowest BCUT2D eigenvalue weighted by atomic mass is 10.2. The summed E-state index contributed by atoms with van der Waals surface area (Å²) in [6.07, 6.45) is 3.55. The quantitative estimate of drug-likeness (QED) is 0.772. The van der Waals surface area contributed by atoms with Gasteiger partial charge in [0, 0.05) is 18.3 Å². The summed E-state index contributed by atoms with van der Waals surface area (Å²) in [5.41, 5.74) is 2.28. The molecule has 1 aromatic carbocycles. The van der Waals surface area contributed by atoms with Crippen molar-refractivity contribution >= 4 is 11.6 Å². The van der Waals surface area contributed by atoms with E-state index in [1.54, 1.807) is 4.52 Å². The standard InChI is InChI=1S/C15H17N5/c1-2-6-13-9-14(20-15(19-13)17-11-18-20)16-10-12-7-4-3-5-8-12/h3-5,7-9,11,16H,2,6,10H2,1H3. The van der Waals surface area contributed by atoms with Crippen LogP contribution in [0.1, 0.15) is 24.6 Å². The Kier molecular flexibility index (Phi) is 3.58. The van der Waals surface area contributed by atoms with Crippen LogP contribution in [0, 0.1) is 0 Å². The third kappa shape index (κ3) is 2.61. The number of rotatable bonds is 5. The number of hydrogen-bond acceptors (Lipinski definition) is 4. The number of benzene rings is 1. The highest BCUT2D eigenvalue weighted by atomic mass is 15.3. The van der Waals surface area contributed by atoms with E-state index in [0.717, 1.165) is 30.9 Å². The summed E-state index contributed by atoms with van der Waals surface area (Å²) >= 11 is 0. The summed E-state index contributed by atoms with van der Waals surface area (Å²) in [5.74, 6) is 1.58. The molecule has 3 rings (SSSR count). The van der Waals surface area contributed by atoms with Crippen LogP contribution >= 0.6 is 0 Å². The molecule has 0 saturated heterocycles. The minimum absolute atomic E-state index is 0.645. The Morgan fingerprint density at radius 2 is 2.05 bits per heavy atom. The largest absolute Gasteiger partial charge is 0.366 e. The number of nitrogens with one attached hydrogen (secondary N) is 1. The van der Waals surface area contributed by atoms with Gasteiger partial charge in [-0.05, 0) is 12.0 Å². The first-order valence-electron chi connectivity index (χ1n) is 6.84. The van der Waals surface area contributed by atoms with Gasteiger partial charge >= 0.3 is 0 Å². The van der Waals surface area contributed by atoms with Gasteiger partial charge in [-0.1, -0.05) is 43.7 Å². The second kappa shape index (κ2) is 5.69. The molecule has 0 fully saturated rings. The van der Waals surface area contributed by atoms with Crippen LogP contribution in [0.5, 0.6) is 0 Å². The lowest BCUT2D eigenvalue weighted by Gasteiger charge is -2.09. The average molecular weight is 267 g/mol. The lowest BCUT2D eigenvalue weighted by Crippen LogP contribution is -2.07. The summed E-state index contributed by atoms with van der Waals surface area (Å²) in [6, 6.07) is 12.3. The average Bonchev–Trinajstić information content (AvgIpc) is 2.95. The van der Waals surface area contributed by atoms with Gasteiger partial charge in [0.1, 0.15) is 12.1 Å². The van der Waals surface area contributed by atoms with Gasteiger partial charge in [0.15, 0.2) is 0 Å². The van der Waals surface area contributed by atoms with Crippen molar-refractivity contribution in [2.24, 2.45) is 0 Å². The topological polar surface area (TPSA) is 55.1 Å². The van der Waals surface area contributed by atoms with Gasteiger partial charge in [-0.3, -0.25) is 0 Å². The van der Waals surface area contributed by atoms with Gasteiger partial charge < -0.3 is 5.32 Å². The fourth-order valence-corrected chi connectivity index (χ4v) is 2.16. The van der Waals surface area contributed by atoms with E-state index < -0.39 is 0 Å². The molecular formula is C15H17N5. The molecule has 0 unspecified atom stereocenters. The molecule has 0 aliphatic heterocycles. The zero-order valence-corrected chi connectivity index (χ0v) is 11.5. The first-order chi connectivity index (χ1) is 9.86. The highest BCUT2D eigenvalue weighted by molar-refractivity contribution is 5.45. The minimum atomic E-state index is 0.645. The van der Waals surface area contributed by atoms with Crippen LogP contribution in [0.3, 0.4) is 0 Å². The summed E-state index contributed by atoms with van der Waals surface area (Å²) in [7, 11) is 0. The van der Waals surface area contributed by atoms with Crippen LogP contribution in [0.2, 0.25) is 0 Å². The first kappa shape index (κ1) is 12.6. The highest BCUT2D eigenvalue weighted by Gasteiger charge is 2.06. The van der Waals surface area contributed by atoms with Crippen LogP contribution < -0.4 is 5.32 Å². The van der Waals surface area contributed by atoms with Crippen LogP contribution in [-0.4, -0.2) is 19.6 Å². The molecule has 102 valence electrons. The highest BCUT2D eigenvalue weighted by Crippen LogP contribution is 2.13. The molecule has 2 heterocycles. The molecule has 5 heteroatoms. The predicted molar refractivity (Wildman–Crippen MR) is 78.5 cm³/mol. The van der Waals surface area contributed by atoms with E-state index in [0.29, 0.717) is 5.78 Å². The lowest BCUT2D eigenvalue weighted by molar-refractivity contribution is 0.854. The molecule has 0 aliphatic carbocycles. The maximum atomic E-state index is 4.49. The van der Waals surface area contributed by atoms with Crippen LogP contribution in [0.25, 0.3) is 5.78 Å². The molecule has 0 aliphatic rings. The van der Waals surface area contributed by atoms with Gasteiger partial charge in [0.2, 0.25) is 0 Å². The Morgan fingerprint density at radius 1 is 1.20 bits per heavy atom. The third-order valence-corrected chi connectivity index (χ3v) is 3.13. The summed E-state index contributed by atoms with van der Waals surface area (Å²) < 4.78 is 1.74. The molecule has 0 radical (unpaired) electrons. The zero-order valence-electron chi connectivity index (χ0n) is 11.5. The predicted octanol–water partition coefficient (Wildman–Crippen LogP) is 2.69. The minimum Gasteiger partial charge on any atom is -0.366 e. The van der Waals surface area contributed by atoms with Crippen LogP contribution in [0.15, 0.2) is 42.7 Å². The van der Waals surface area contributed by atoms with Crippen molar-refractivity contribution in [2.75, 3.05) is 5.32 Å². The molecule has 20 heavy (non-hydrogen) atoms. The number of nitrogens with zero attached hydrogens (tertiary/aromatic N) is 4. The summed E-state index contributed by atoms with van der Waals surface area (Å²) in [4.78, 5) is 8.67. The number of fused-ring (bicyclic) bond motifs is 1. The molecule has 2 aromatic heterocycles. The van der Waals surface area contributed by atoms with Gasteiger partial charge in [0.05, 0.1) is 0 Å². The Balaban J connectivity index is 1.87. The van der Waals surface area contributed by atoms with Crippen molar-refractivity contribution < 1.29 is 0 Å². The molecule has 0 amide bonds. The number of aryl methyl sites for hydroxylation is 1. The number of aromatic nitrogens is 4. The fraction of sp³-hybridized carbons (Fsp3) is 0.267. The molecular weight excluding hydrogens is 250 g/mol. The zero-order chi connectivity index (χ0) is 13.8. The van der Waals surface area contributed by atoms with Gasteiger partial charge in [-0.15, -0.1) is 0 Å². The molecule has 0 saturated carbocycles. The van der Waals surface area contributed by atoms with E-state index in [-0.39, 0.29) is 0 Å². The summed E-state index contributed by atoms with van der Waals surface area (Å²) in [5, 5.41) is 7.62. The van der Waals surface area contributed by atoms with Crippen molar-refractivity contribution in [1.82, 2.24) is 19.6 Å². The Morgan fingerprint density at radius 3 is 2.85 bits per heavy atom. The molecule has 0 atom stereocenters. The first-order valence-corrected chi connectivity index (χ1v) is 6.84. The maximum Gasteiger partial charge on any atom is 0.254 e. The Hall–Kier alpha value is -2.43. The monoisotopic (exact) mass is 267 g/mol. The van der Waals surface area contributed by atoms with Crippen molar-refractivity contribution in [3.05, 3.63) is 54.0 Å². The van der Waals surface area contributed by atoms with E-state index in [2.05, 4.69) is 39.4 Å². The van der Waals surface area contributed by atoms with Crippen LogP contribution in [0.4, 0.5) is 5.82 Å². The van der Waals surface area contributed by atoms with Crippen molar-refractivity contribution in [3.63, 3.8) is 0 Å². The van der Waals surface area contributed by atoms with E-state index in [1.165, 1.54) is 11.9 Å².